The number of nitrogen functional groups attached to an aromatic ring is 1. The van der Waals surface area contributed by atoms with Gasteiger partial charge in [-0.15, -0.1) is 0 Å². The predicted octanol–water partition coefficient (Wildman–Crippen LogP) is 2.56. The number of rotatable bonds is 4. The maximum Gasteiger partial charge on any atom is 0.127 e. The molecule has 2 aromatic rings. The van der Waals surface area contributed by atoms with Crippen molar-refractivity contribution in [3.05, 3.63) is 59.2 Å². The van der Waals surface area contributed by atoms with Crippen LogP contribution in [0.25, 0.3) is 0 Å². The zero-order chi connectivity index (χ0) is 13.8. The monoisotopic (exact) mass is 256 g/mol. The molecule has 0 saturated carbocycles. The zero-order valence-corrected chi connectivity index (χ0v) is 10.7. The molecule has 0 aliphatic carbocycles. The molecular formula is C15H16N2O2. The molecule has 0 fully saturated rings. The topological polar surface area (TPSA) is 79.3 Å². The second-order valence-corrected chi connectivity index (χ2v) is 4.29. The standard InChI is InChI=1S/C15H16N2O2/c1-10-8-13(6-7-14(10)15(16)17)19-12-4-2-11(9-18)3-5-12/h2-8,18H,9H2,1H3,(H3,16,17). The first-order valence-corrected chi connectivity index (χ1v) is 5.93. The summed E-state index contributed by atoms with van der Waals surface area (Å²) in [7, 11) is 0. The Morgan fingerprint density at radius 3 is 2.32 bits per heavy atom. The van der Waals surface area contributed by atoms with Crippen molar-refractivity contribution in [2.45, 2.75) is 13.5 Å². The van der Waals surface area contributed by atoms with Crippen molar-refractivity contribution in [2.75, 3.05) is 0 Å². The van der Waals surface area contributed by atoms with Gasteiger partial charge in [0.25, 0.3) is 0 Å². The van der Waals surface area contributed by atoms with Gasteiger partial charge in [0.2, 0.25) is 0 Å². The minimum absolute atomic E-state index is 0.0205. The van der Waals surface area contributed by atoms with Crippen LogP contribution in [0.3, 0.4) is 0 Å². The Kier molecular flexibility index (Phi) is 3.82. The Bertz CT molecular complexity index is 592. The van der Waals surface area contributed by atoms with Gasteiger partial charge in [0.1, 0.15) is 17.3 Å². The van der Waals surface area contributed by atoms with E-state index in [2.05, 4.69) is 0 Å². The van der Waals surface area contributed by atoms with Crippen LogP contribution in [-0.2, 0) is 6.61 Å². The molecule has 2 rings (SSSR count). The third kappa shape index (κ3) is 3.11. The fourth-order valence-corrected chi connectivity index (χ4v) is 1.80. The molecule has 2 aromatic carbocycles. The number of amidine groups is 1. The van der Waals surface area contributed by atoms with Crippen LogP contribution in [0.15, 0.2) is 42.5 Å². The second-order valence-electron chi connectivity index (χ2n) is 4.29. The molecule has 0 heterocycles. The fourth-order valence-electron chi connectivity index (χ4n) is 1.80. The molecule has 0 aromatic heterocycles. The van der Waals surface area contributed by atoms with Gasteiger partial charge in [0, 0.05) is 5.56 Å². The van der Waals surface area contributed by atoms with Crippen LogP contribution in [0.1, 0.15) is 16.7 Å². The van der Waals surface area contributed by atoms with E-state index in [1.54, 1.807) is 24.3 Å². The van der Waals surface area contributed by atoms with Gasteiger partial charge in [0.05, 0.1) is 6.61 Å². The van der Waals surface area contributed by atoms with E-state index in [1.165, 1.54) is 0 Å². The first-order chi connectivity index (χ1) is 9.10. The highest BCUT2D eigenvalue weighted by molar-refractivity contribution is 5.96. The van der Waals surface area contributed by atoms with Crippen LogP contribution in [0.4, 0.5) is 0 Å². The number of aliphatic hydroxyl groups excluding tert-OH is 1. The molecule has 0 aliphatic rings. The molecule has 19 heavy (non-hydrogen) atoms. The van der Waals surface area contributed by atoms with E-state index in [4.69, 9.17) is 21.0 Å². The van der Waals surface area contributed by atoms with Crippen molar-refractivity contribution in [3.63, 3.8) is 0 Å². The number of hydrogen-bond donors (Lipinski definition) is 3. The summed E-state index contributed by atoms with van der Waals surface area (Å²) in [5, 5.41) is 16.4. The second kappa shape index (κ2) is 5.54. The number of aliphatic hydroxyl groups is 1. The number of aryl methyl sites for hydroxylation is 1. The van der Waals surface area contributed by atoms with Crippen LogP contribution >= 0.6 is 0 Å². The van der Waals surface area contributed by atoms with Crippen LogP contribution in [0, 0.1) is 12.3 Å². The molecule has 0 radical (unpaired) electrons. The van der Waals surface area contributed by atoms with E-state index in [1.807, 2.05) is 25.1 Å². The maximum atomic E-state index is 8.96. The molecule has 4 N–H and O–H groups in total. The largest absolute Gasteiger partial charge is 0.457 e. The molecule has 4 heteroatoms. The molecule has 0 unspecified atom stereocenters. The average molecular weight is 256 g/mol. The molecule has 0 spiro atoms. The Balaban J connectivity index is 2.18. The first kappa shape index (κ1) is 13.1. The minimum atomic E-state index is 0.0205. The van der Waals surface area contributed by atoms with Gasteiger partial charge < -0.3 is 15.6 Å². The highest BCUT2D eigenvalue weighted by Crippen LogP contribution is 2.24. The Hall–Kier alpha value is -2.33. The first-order valence-electron chi connectivity index (χ1n) is 5.93. The fraction of sp³-hybridized carbons (Fsp3) is 0.133. The third-order valence-electron chi connectivity index (χ3n) is 2.83. The van der Waals surface area contributed by atoms with Crippen molar-refractivity contribution >= 4 is 5.84 Å². The number of benzene rings is 2. The lowest BCUT2D eigenvalue weighted by atomic mass is 10.1. The average Bonchev–Trinajstić information content (AvgIpc) is 2.39. The SMILES string of the molecule is Cc1cc(Oc2ccc(CO)cc2)ccc1C(=N)N. The Labute approximate surface area is 112 Å². The zero-order valence-electron chi connectivity index (χ0n) is 10.7. The summed E-state index contributed by atoms with van der Waals surface area (Å²) in [4.78, 5) is 0. The number of ether oxygens (including phenoxy) is 1. The van der Waals surface area contributed by atoms with Crippen molar-refractivity contribution in [2.24, 2.45) is 5.73 Å². The summed E-state index contributed by atoms with van der Waals surface area (Å²) in [6.45, 7) is 1.91. The van der Waals surface area contributed by atoms with Gasteiger partial charge in [-0.2, -0.15) is 0 Å². The molecule has 0 atom stereocenters. The Morgan fingerprint density at radius 1 is 1.16 bits per heavy atom. The van der Waals surface area contributed by atoms with Gasteiger partial charge in [-0.3, -0.25) is 5.41 Å². The van der Waals surface area contributed by atoms with E-state index in [0.29, 0.717) is 17.1 Å². The summed E-state index contributed by atoms with van der Waals surface area (Å²) in [6.07, 6.45) is 0. The summed E-state index contributed by atoms with van der Waals surface area (Å²) in [5.41, 5.74) is 7.92. The number of nitrogens with two attached hydrogens (primary N) is 1. The van der Waals surface area contributed by atoms with Crippen LogP contribution in [-0.4, -0.2) is 10.9 Å². The smallest absolute Gasteiger partial charge is 0.127 e. The minimum Gasteiger partial charge on any atom is -0.457 e. The summed E-state index contributed by atoms with van der Waals surface area (Å²) >= 11 is 0. The molecule has 0 saturated heterocycles. The van der Waals surface area contributed by atoms with E-state index in [9.17, 15) is 0 Å². The van der Waals surface area contributed by atoms with Gasteiger partial charge in [-0.1, -0.05) is 12.1 Å². The van der Waals surface area contributed by atoms with Crippen molar-refractivity contribution in [1.82, 2.24) is 0 Å². The summed E-state index contributed by atoms with van der Waals surface area (Å²) < 4.78 is 5.70. The Morgan fingerprint density at radius 2 is 1.79 bits per heavy atom. The van der Waals surface area contributed by atoms with E-state index < -0.39 is 0 Å². The van der Waals surface area contributed by atoms with Gasteiger partial charge in [-0.25, -0.2) is 0 Å². The van der Waals surface area contributed by atoms with Crippen LogP contribution in [0.5, 0.6) is 11.5 Å². The molecule has 0 amide bonds. The van der Waals surface area contributed by atoms with Crippen molar-refractivity contribution in [3.8, 4) is 11.5 Å². The molecular weight excluding hydrogens is 240 g/mol. The van der Waals surface area contributed by atoms with E-state index >= 15 is 0 Å². The van der Waals surface area contributed by atoms with Crippen molar-refractivity contribution < 1.29 is 9.84 Å². The van der Waals surface area contributed by atoms with Gasteiger partial charge in [-0.05, 0) is 48.4 Å². The van der Waals surface area contributed by atoms with E-state index in [-0.39, 0.29) is 12.4 Å². The van der Waals surface area contributed by atoms with Gasteiger partial charge >= 0.3 is 0 Å². The lowest BCUT2D eigenvalue weighted by Crippen LogP contribution is -2.12. The molecule has 0 aliphatic heterocycles. The summed E-state index contributed by atoms with van der Waals surface area (Å²) in [6, 6.07) is 12.6. The highest BCUT2D eigenvalue weighted by Gasteiger charge is 2.04. The lowest BCUT2D eigenvalue weighted by Gasteiger charge is -2.09. The number of hydrogen-bond acceptors (Lipinski definition) is 3. The van der Waals surface area contributed by atoms with E-state index in [0.717, 1.165) is 11.1 Å². The normalized spacial score (nSPS) is 10.2. The lowest BCUT2D eigenvalue weighted by molar-refractivity contribution is 0.281. The molecule has 4 nitrogen and oxygen atoms in total. The molecule has 0 bridgehead atoms. The van der Waals surface area contributed by atoms with Crippen LogP contribution < -0.4 is 10.5 Å². The van der Waals surface area contributed by atoms with Crippen molar-refractivity contribution in [1.29, 1.82) is 5.41 Å². The maximum absolute atomic E-state index is 8.96. The summed E-state index contributed by atoms with van der Waals surface area (Å²) in [5.74, 6) is 1.45. The van der Waals surface area contributed by atoms with Gasteiger partial charge in [0.15, 0.2) is 0 Å². The van der Waals surface area contributed by atoms with Crippen LogP contribution in [0.2, 0.25) is 0 Å². The highest BCUT2D eigenvalue weighted by atomic mass is 16.5. The predicted molar refractivity (Wildman–Crippen MR) is 74.6 cm³/mol. The quantitative estimate of drug-likeness (QED) is 0.581. The third-order valence-corrected chi connectivity index (χ3v) is 2.83. The molecule has 98 valence electrons. The number of nitrogens with one attached hydrogen (secondary N) is 1.